The largest absolute Gasteiger partial charge is 0.482 e. The van der Waals surface area contributed by atoms with E-state index in [4.69, 9.17) is 9.84 Å². The second kappa shape index (κ2) is 8.46. The van der Waals surface area contributed by atoms with Crippen LogP contribution in [-0.4, -0.2) is 32.6 Å². The first-order chi connectivity index (χ1) is 11.8. The van der Waals surface area contributed by atoms with Gasteiger partial charge in [-0.05, 0) is 47.9 Å². The summed E-state index contributed by atoms with van der Waals surface area (Å²) in [5.74, 6) is -0.646. The van der Waals surface area contributed by atoms with Gasteiger partial charge in [0.2, 0.25) is 10.0 Å². The van der Waals surface area contributed by atoms with Crippen LogP contribution in [0.4, 0.5) is 0 Å². The van der Waals surface area contributed by atoms with Crippen molar-refractivity contribution >= 4 is 31.9 Å². The van der Waals surface area contributed by atoms with Crippen LogP contribution in [0.2, 0.25) is 0 Å². The van der Waals surface area contributed by atoms with Gasteiger partial charge < -0.3 is 9.84 Å². The van der Waals surface area contributed by atoms with Gasteiger partial charge in [-0.15, -0.1) is 0 Å². The number of rotatable bonds is 8. The summed E-state index contributed by atoms with van der Waals surface area (Å²) < 4.78 is 33.0. The molecular weight excluding hydrogens is 410 g/mol. The predicted molar refractivity (Wildman–Crippen MR) is 97.3 cm³/mol. The topological polar surface area (TPSA) is 92.7 Å². The van der Waals surface area contributed by atoms with Crippen LogP contribution in [-0.2, 0) is 14.8 Å². The van der Waals surface area contributed by atoms with E-state index in [-0.39, 0.29) is 17.4 Å². The third-order valence-electron chi connectivity index (χ3n) is 3.51. The Kier molecular flexibility index (Phi) is 6.57. The molecular formula is C17H18BrNO5S. The number of ether oxygens (including phenoxy) is 1. The first kappa shape index (κ1) is 19.4. The highest BCUT2D eigenvalue weighted by Gasteiger charge is 2.16. The minimum Gasteiger partial charge on any atom is -0.482 e. The highest BCUT2D eigenvalue weighted by Crippen LogP contribution is 2.20. The lowest BCUT2D eigenvalue weighted by Gasteiger charge is -2.14. The Morgan fingerprint density at radius 2 is 1.76 bits per heavy atom. The molecule has 0 aliphatic rings. The number of sulfonamides is 1. The van der Waals surface area contributed by atoms with Crippen molar-refractivity contribution < 1.29 is 23.1 Å². The zero-order valence-electron chi connectivity index (χ0n) is 13.5. The van der Waals surface area contributed by atoms with Crippen LogP contribution < -0.4 is 9.46 Å². The zero-order chi connectivity index (χ0) is 18.4. The summed E-state index contributed by atoms with van der Waals surface area (Å²) in [5, 5.41) is 8.58. The van der Waals surface area contributed by atoms with Crippen molar-refractivity contribution in [3.8, 4) is 5.75 Å². The van der Waals surface area contributed by atoms with Gasteiger partial charge in [0, 0.05) is 11.0 Å². The molecule has 0 spiro atoms. The number of hydrogen-bond donors (Lipinski definition) is 2. The average molecular weight is 428 g/mol. The van der Waals surface area contributed by atoms with Gasteiger partial charge >= 0.3 is 5.97 Å². The number of aliphatic carboxylic acids is 1. The van der Waals surface area contributed by atoms with E-state index in [0.29, 0.717) is 5.75 Å². The molecule has 0 aliphatic heterocycles. The summed E-state index contributed by atoms with van der Waals surface area (Å²) in [4.78, 5) is 10.7. The van der Waals surface area contributed by atoms with E-state index in [0.717, 1.165) is 10.0 Å². The van der Waals surface area contributed by atoms with E-state index in [9.17, 15) is 13.2 Å². The number of carbonyl (C=O) groups is 1. The van der Waals surface area contributed by atoms with Crippen molar-refractivity contribution in [3.63, 3.8) is 0 Å². The minimum absolute atomic E-state index is 0.0567. The smallest absolute Gasteiger partial charge is 0.341 e. The van der Waals surface area contributed by atoms with E-state index in [1.165, 1.54) is 12.1 Å². The molecule has 2 N–H and O–H groups in total. The Hall–Kier alpha value is -1.90. The fourth-order valence-corrected chi connectivity index (χ4v) is 3.48. The molecule has 2 aromatic rings. The third kappa shape index (κ3) is 5.84. The quantitative estimate of drug-likeness (QED) is 0.675. The Labute approximate surface area is 155 Å². The number of hydrogen-bond acceptors (Lipinski definition) is 4. The van der Waals surface area contributed by atoms with Crippen LogP contribution in [0.15, 0.2) is 57.9 Å². The molecule has 134 valence electrons. The summed E-state index contributed by atoms with van der Waals surface area (Å²) in [5.41, 5.74) is 0.918. The van der Waals surface area contributed by atoms with Gasteiger partial charge in [0.15, 0.2) is 6.61 Å². The van der Waals surface area contributed by atoms with Crippen molar-refractivity contribution in [3.05, 3.63) is 58.6 Å². The van der Waals surface area contributed by atoms with Gasteiger partial charge in [-0.3, -0.25) is 0 Å². The Morgan fingerprint density at radius 1 is 1.16 bits per heavy atom. The molecule has 0 saturated heterocycles. The molecule has 0 amide bonds. The van der Waals surface area contributed by atoms with E-state index in [1.54, 1.807) is 36.4 Å². The Morgan fingerprint density at radius 3 is 2.32 bits per heavy atom. The molecule has 6 nitrogen and oxygen atoms in total. The molecule has 0 fully saturated rings. The summed E-state index contributed by atoms with van der Waals surface area (Å²) in [6, 6.07) is 13.3. The molecule has 1 atom stereocenters. The maximum atomic E-state index is 12.3. The van der Waals surface area contributed by atoms with Gasteiger partial charge in [0.1, 0.15) is 5.75 Å². The number of benzene rings is 2. The second-order valence-electron chi connectivity index (χ2n) is 5.46. The van der Waals surface area contributed by atoms with E-state index < -0.39 is 22.6 Å². The highest BCUT2D eigenvalue weighted by molar-refractivity contribution is 9.10. The predicted octanol–water partition coefficient (Wildman–Crippen LogP) is 2.99. The van der Waals surface area contributed by atoms with Gasteiger partial charge in [0.05, 0.1) is 4.90 Å². The van der Waals surface area contributed by atoms with Crippen molar-refractivity contribution in [2.45, 2.75) is 17.7 Å². The molecule has 2 aromatic carbocycles. The monoisotopic (exact) mass is 427 g/mol. The first-order valence-corrected chi connectivity index (χ1v) is 9.75. The van der Waals surface area contributed by atoms with Crippen LogP contribution in [0.1, 0.15) is 18.4 Å². The van der Waals surface area contributed by atoms with Crippen molar-refractivity contribution in [2.24, 2.45) is 0 Å². The zero-order valence-corrected chi connectivity index (χ0v) is 15.9. The summed E-state index contributed by atoms with van der Waals surface area (Å²) in [6.45, 7) is 1.74. The second-order valence-corrected chi connectivity index (χ2v) is 8.14. The van der Waals surface area contributed by atoms with E-state index in [2.05, 4.69) is 20.7 Å². The summed E-state index contributed by atoms with van der Waals surface area (Å²) >= 11 is 3.27. The van der Waals surface area contributed by atoms with Gasteiger partial charge in [-0.1, -0.05) is 35.0 Å². The Bertz CT molecular complexity index is 819. The van der Waals surface area contributed by atoms with Gasteiger partial charge in [-0.2, -0.15) is 0 Å². The standard InChI is InChI=1S/C17H18BrNO5S/c1-12(13-2-6-15(7-3-13)24-11-17(20)21)10-19-25(22,23)16-8-4-14(18)5-9-16/h2-9,12,19H,10-11H2,1H3,(H,20,21). The fraction of sp³-hybridized carbons (Fsp3) is 0.235. The number of carboxylic acid groups (broad SMARTS) is 1. The number of carboxylic acids is 1. The normalized spacial score (nSPS) is 12.6. The van der Waals surface area contributed by atoms with Crippen LogP contribution >= 0.6 is 15.9 Å². The average Bonchev–Trinajstić information content (AvgIpc) is 2.59. The molecule has 0 aliphatic carbocycles. The molecule has 2 rings (SSSR count). The SMILES string of the molecule is CC(CNS(=O)(=O)c1ccc(Br)cc1)c1ccc(OCC(=O)O)cc1. The number of halogens is 1. The third-order valence-corrected chi connectivity index (χ3v) is 5.48. The van der Waals surface area contributed by atoms with Crippen molar-refractivity contribution in [1.82, 2.24) is 4.72 Å². The van der Waals surface area contributed by atoms with E-state index in [1.807, 2.05) is 6.92 Å². The molecule has 0 radical (unpaired) electrons. The van der Waals surface area contributed by atoms with Gasteiger partial charge in [0.25, 0.3) is 0 Å². The lowest BCUT2D eigenvalue weighted by atomic mass is 10.0. The van der Waals surface area contributed by atoms with Crippen LogP contribution in [0, 0.1) is 0 Å². The minimum atomic E-state index is -3.57. The number of nitrogens with one attached hydrogen (secondary N) is 1. The van der Waals surface area contributed by atoms with Crippen molar-refractivity contribution in [1.29, 1.82) is 0 Å². The lowest BCUT2D eigenvalue weighted by Crippen LogP contribution is -2.27. The molecule has 8 heteroatoms. The molecule has 1 unspecified atom stereocenters. The van der Waals surface area contributed by atoms with Crippen LogP contribution in [0.5, 0.6) is 5.75 Å². The maximum Gasteiger partial charge on any atom is 0.341 e. The summed E-state index contributed by atoms with van der Waals surface area (Å²) in [6.07, 6.45) is 0. The van der Waals surface area contributed by atoms with E-state index >= 15 is 0 Å². The molecule has 0 aromatic heterocycles. The van der Waals surface area contributed by atoms with Crippen molar-refractivity contribution in [2.75, 3.05) is 13.2 Å². The maximum absolute atomic E-state index is 12.3. The summed E-state index contributed by atoms with van der Waals surface area (Å²) in [7, 11) is -3.57. The van der Waals surface area contributed by atoms with Crippen LogP contribution in [0.3, 0.4) is 0 Å². The lowest BCUT2D eigenvalue weighted by molar-refractivity contribution is -0.139. The highest BCUT2D eigenvalue weighted by atomic mass is 79.9. The molecule has 25 heavy (non-hydrogen) atoms. The van der Waals surface area contributed by atoms with Crippen LogP contribution in [0.25, 0.3) is 0 Å². The first-order valence-electron chi connectivity index (χ1n) is 7.48. The fourth-order valence-electron chi connectivity index (χ4n) is 2.09. The molecule has 0 bridgehead atoms. The molecule has 0 heterocycles. The molecule has 0 saturated carbocycles. The Balaban J connectivity index is 1.96. The van der Waals surface area contributed by atoms with Gasteiger partial charge in [-0.25, -0.2) is 17.9 Å².